The predicted octanol–water partition coefficient (Wildman–Crippen LogP) is 4.22. The number of amides is 2. The van der Waals surface area contributed by atoms with E-state index in [0.29, 0.717) is 23.9 Å². The van der Waals surface area contributed by atoms with Crippen molar-refractivity contribution in [3.8, 4) is 10.6 Å². The van der Waals surface area contributed by atoms with Crippen LogP contribution in [0.3, 0.4) is 0 Å². The standard InChI is InChI=1S/C24H26FN3O3S/c1-16-5-4-6-21(17(16)2)27-22(29)14-28(11-12-31-3)23(30)13-20-15-32-24(26-20)18-7-9-19(25)10-8-18/h4-10,15H,11-14H2,1-3H3,(H,27,29). The summed E-state index contributed by atoms with van der Waals surface area (Å²) < 4.78 is 18.3. The van der Waals surface area contributed by atoms with Crippen molar-refractivity contribution in [3.63, 3.8) is 0 Å². The lowest BCUT2D eigenvalue weighted by Crippen LogP contribution is -2.40. The lowest BCUT2D eigenvalue weighted by Gasteiger charge is -2.22. The van der Waals surface area contributed by atoms with Gasteiger partial charge in [0.2, 0.25) is 11.8 Å². The van der Waals surface area contributed by atoms with E-state index in [0.717, 1.165) is 22.4 Å². The van der Waals surface area contributed by atoms with E-state index in [1.165, 1.54) is 28.4 Å². The molecule has 32 heavy (non-hydrogen) atoms. The first kappa shape index (κ1) is 23.6. The zero-order valence-electron chi connectivity index (χ0n) is 18.4. The topological polar surface area (TPSA) is 71.5 Å². The molecular weight excluding hydrogens is 429 g/mol. The first-order valence-electron chi connectivity index (χ1n) is 10.2. The van der Waals surface area contributed by atoms with E-state index in [9.17, 15) is 14.0 Å². The van der Waals surface area contributed by atoms with E-state index in [1.54, 1.807) is 24.6 Å². The Bertz CT molecular complexity index is 1080. The number of nitrogens with zero attached hydrogens (tertiary/aromatic N) is 2. The second-order valence-corrected chi connectivity index (χ2v) is 8.29. The largest absolute Gasteiger partial charge is 0.383 e. The molecule has 2 amide bonds. The molecule has 0 atom stereocenters. The van der Waals surface area contributed by atoms with Gasteiger partial charge in [-0.2, -0.15) is 0 Å². The van der Waals surface area contributed by atoms with Crippen LogP contribution in [0.1, 0.15) is 16.8 Å². The Labute approximate surface area is 191 Å². The molecule has 168 valence electrons. The normalized spacial score (nSPS) is 10.8. The molecule has 0 saturated heterocycles. The highest BCUT2D eigenvalue weighted by atomic mass is 32.1. The van der Waals surface area contributed by atoms with E-state index < -0.39 is 0 Å². The fourth-order valence-electron chi connectivity index (χ4n) is 3.12. The van der Waals surface area contributed by atoms with Crippen molar-refractivity contribution in [2.75, 3.05) is 32.1 Å². The molecule has 0 spiro atoms. The van der Waals surface area contributed by atoms with Crippen LogP contribution in [0.5, 0.6) is 0 Å². The molecule has 3 rings (SSSR count). The third kappa shape index (κ3) is 6.21. The number of aryl methyl sites for hydroxylation is 1. The molecule has 1 aromatic heterocycles. The van der Waals surface area contributed by atoms with Crippen molar-refractivity contribution in [1.82, 2.24) is 9.88 Å². The average Bonchev–Trinajstić information content (AvgIpc) is 3.23. The number of nitrogens with one attached hydrogen (secondary N) is 1. The fourth-order valence-corrected chi connectivity index (χ4v) is 3.95. The number of methoxy groups -OCH3 is 1. The van der Waals surface area contributed by atoms with Crippen LogP contribution in [0.15, 0.2) is 47.8 Å². The summed E-state index contributed by atoms with van der Waals surface area (Å²) >= 11 is 1.39. The maximum absolute atomic E-state index is 13.1. The molecule has 0 aliphatic rings. The zero-order chi connectivity index (χ0) is 23.1. The molecule has 0 bridgehead atoms. The molecule has 8 heteroatoms. The molecule has 0 aliphatic heterocycles. The zero-order valence-corrected chi connectivity index (χ0v) is 19.2. The van der Waals surface area contributed by atoms with Gasteiger partial charge >= 0.3 is 0 Å². The average molecular weight is 456 g/mol. The summed E-state index contributed by atoms with van der Waals surface area (Å²) in [7, 11) is 1.55. The maximum atomic E-state index is 13.1. The van der Waals surface area contributed by atoms with Crippen LogP contribution in [0.2, 0.25) is 0 Å². The van der Waals surface area contributed by atoms with Gasteiger partial charge in [0.25, 0.3) is 0 Å². The van der Waals surface area contributed by atoms with Gasteiger partial charge in [-0.15, -0.1) is 11.3 Å². The second kappa shape index (κ2) is 11.0. The number of ether oxygens (including phenoxy) is 1. The van der Waals surface area contributed by atoms with Crippen LogP contribution >= 0.6 is 11.3 Å². The number of anilines is 1. The third-order valence-electron chi connectivity index (χ3n) is 5.11. The Morgan fingerprint density at radius 1 is 1.16 bits per heavy atom. The van der Waals surface area contributed by atoms with E-state index in [-0.39, 0.29) is 30.6 Å². The summed E-state index contributed by atoms with van der Waals surface area (Å²) in [6.07, 6.45) is 0.0676. The highest BCUT2D eigenvalue weighted by Gasteiger charge is 2.19. The van der Waals surface area contributed by atoms with Crippen molar-refractivity contribution in [2.45, 2.75) is 20.3 Å². The quantitative estimate of drug-likeness (QED) is 0.524. The van der Waals surface area contributed by atoms with Gasteiger partial charge in [0, 0.05) is 30.3 Å². The van der Waals surface area contributed by atoms with Crippen molar-refractivity contribution in [1.29, 1.82) is 0 Å². The molecule has 0 fully saturated rings. The smallest absolute Gasteiger partial charge is 0.244 e. The molecule has 6 nitrogen and oxygen atoms in total. The van der Waals surface area contributed by atoms with Gasteiger partial charge < -0.3 is 15.0 Å². The minimum atomic E-state index is -0.311. The van der Waals surface area contributed by atoms with Crippen molar-refractivity contribution in [2.24, 2.45) is 0 Å². The van der Waals surface area contributed by atoms with Crippen molar-refractivity contribution >= 4 is 28.8 Å². The van der Waals surface area contributed by atoms with Gasteiger partial charge in [0.15, 0.2) is 0 Å². The number of rotatable bonds is 9. The number of aromatic nitrogens is 1. The summed E-state index contributed by atoms with van der Waals surface area (Å²) in [6.45, 7) is 4.46. The predicted molar refractivity (Wildman–Crippen MR) is 124 cm³/mol. The molecule has 1 heterocycles. The first-order chi connectivity index (χ1) is 15.4. The number of carbonyl (C=O) groups is 2. The molecular formula is C24H26FN3O3S. The van der Waals surface area contributed by atoms with E-state index in [2.05, 4.69) is 10.3 Å². The van der Waals surface area contributed by atoms with E-state index >= 15 is 0 Å². The minimum Gasteiger partial charge on any atom is -0.383 e. The van der Waals surface area contributed by atoms with Crippen molar-refractivity contribution < 1.29 is 18.7 Å². The van der Waals surface area contributed by atoms with Gasteiger partial charge in [-0.3, -0.25) is 9.59 Å². The number of thiazole rings is 1. The van der Waals surface area contributed by atoms with Crippen LogP contribution in [0.4, 0.5) is 10.1 Å². The Hall–Kier alpha value is -3.10. The summed E-state index contributed by atoms with van der Waals surface area (Å²) in [5, 5.41) is 5.41. The molecule has 0 unspecified atom stereocenters. The Morgan fingerprint density at radius 3 is 2.62 bits per heavy atom. The summed E-state index contributed by atoms with van der Waals surface area (Å²) in [5.74, 6) is -0.795. The number of hydrogen-bond donors (Lipinski definition) is 1. The van der Waals surface area contributed by atoms with Gasteiger partial charge in [-0.1, -0.05) is 12.1 Å². The van der Waals surface area contributed by atoms with E-state index in [4.69, 9.17) is 4.74 Å². The maximum Gasteiger partial charge on any atom is 0.244 e. The van der Waals surface area contributed by atoms with Crippen LogP contribution in [-0.2, 0) is 20.7 Å². The molecule has 3 aromatic rings. The molecule has 1 N–H and O–H groups in total. The number of halogens is 1. The van der Waals surface area contributed by atoms with Crippen molar-refractivity contribution in [3.05, 3.63) is 70.5 Å². The number of benzene rings is 2. The molecule has 0 aliphatic carbocycles. The lowest BCUT2D eigenvalue weighted by molar-refractivity contribution is -0.134. The van der Waals surface area contributed by atoms with Gasteiger partial charge in [0.1, 0.15) is 10.8 Å². The Morgan fingerprint density at radius 2 is 1.91 bits per heavy atom. The molecule has 0 saturated carbocycles. The van der Waals surface area contributed by atoms with E-state index in [1.807, 2.05) is 32.0 Å². The van der Waals surface area contributed by atoms with Crippen LogP contribution in [0.25, 0.3) is 10.6 Å². The summed E-state index contributed by atoms with van der Waals surface area (Å²) in [6, 6.07) is 11.8. The Kier molecular flexibility index (Phi) is 8.08. The van der Waals surface area contributed by atoms with Gasteiger partial charge in [0.05, 0.1) is 25.3 Å². The fraction of sp³-hybridized carbons (Fsp3) is 0.292. The number of carbonyl (C=O) groups excluding carboxylic acids is 2. The highest BCUT2D eigenvalue weighted by Crippen LogP contribution is 2.24. The first-order valence-corrected chi connectivity index (χ1v) is 11.1. The summed E-state index contributed by atoms with van der Waals surface area (Å²) in [4.78, 5) is 31.5. The summed E-state index contributed by atoms with van der Waals surface area (Å²) in [5.41, 5.74) is 4.20. The van der Waals surface area contributed by atoms with Crippen LogP contribution in [-0.4, -0.2) is 48.5 Å². The monoisotopic (exact) mass is 455 g/mol. The second-order valence-electron chi connectivity index (χ2n) is 7.43. The lowest BCUT2D eigenvalue weighted by atomic mass is 10.1. The molecule has 0 radical (unpaired) electrons. The third-order valence-corrected chi connectivity index (χ3v) is 6.05. The minimum absolute atomic E-state index is 0.0676. The Balaban J connectivity index is 1.66. The SMILES string of the molecule is COCCN(CC(=O)Nc1cccc(C)c1C)C(=O)Cc1csc(-c2ccc(F)cc2)n1. The van der Waals surface area contributed by atoms with Crippen LogP contribution in [0, 0.1) is 19.7 Å². The molecule has 2 aromatic carbocycles. The van der Waals surface area contributed by atoms with Crippen LogP contribution < -0.4 is 5.32 Å². The highest BCUT2D eigenvalue weighted by molar-refractivity contribution is 7.13. The van der Waals surface area contributed by atoms with Gasteiger partial charge in [-0.05, 0) is 55.3 Å². The number of hydrogen-bond acceptors (Lipinski definition) is 5. The van der Waals surface area contributed by atoms with Gasteiger partial charge in [-0.25, -0.2) is 9.37 Å².